The monoisotopic (exact) mass is 471 g/mol. The molecule has 1 aromatic carbocycles. The molecule has 8 nitrogen and oxygen atoms in total. The molecule has 1 heterocycles. The van der Waals surface area contributed by atoms with Crippen LogP contribution in [0.15, 0.2) is 28.7 Å². The number of ether oxygens (including phenoxy) is 1. The lowest BCUT2D eigenvalue weighted by atomic mass is 10.2. The summed E-state index contributed by atoms with van der Waals surface area (Å²) in [6, 6.07) is 3.39. The second-order valence-electron chi connectivity index (χ2n) is 5.17. The first-order chi connectivity index (χ1) is 13.5. The molecule has 0 spiro atoms. The van der Waals surface area contributed by atoms with Crippen LogP contribution in [-0.2, 0) is 26.1 Å². The molecule has 158 valence electrons. The molecule has 2 rings (SSSR count). The predicted molar refractivity (Wildman–Crippen MR) is 101 cm³/mol. The van der Waals surface area contributed by atoms with Crippen LogP contribution in [0, 0.1) is 0 Å². The van der Waals surface area contributed by atoms with E-state index < -0.39 is 27.3 Å². The van der Waals surface area contributed by atoms with Crippen molar-refractivity contribution in [3.05, 3.63) is 39.9 Å². The third-order valence-corrected chi connectivity index (χ3v) is 5.05. The summed E-state index contributed by atoms with van der Waals surface area (Å²) in [6.45, 7) is 1.97. The maximum absolute atomic E-state index is 12.4. The molecule has 0 fully saturated rings. The molecular weight excluding hydrogens is 459 g/mol. The summed E-state index contributed by atoms with van der Waals surface area (Å²) in [5, 5.41) is 5.57. The minimum Gasteiger partial charge on any atom is -0.466 e. The largest absolute Gasteiger partial charge is 0.534 e. The lowest BCUT2D eigenvalue weighted by Crippen LogP contribution is -2.28. The van der Waals surface area contributed by atoms with Crippen LogP contribution in [0.5, 0.6) is 5.75 Å². The Bertz CT molecular complexity index is 1010. The molecule has 0 unspecified atom stereocenters. The smallest absolute Gasteiger partial charge is 0.466 e. The number of hydrogen-bond donors (Lipinski definition) is 1. The van der Waals surface area contributed by atoms with E-state index in [-0.39, 0.29) is 18.1 Å². The Morgan fingerprint density at radius 2 is 2.14 bits per heavy atom. The van der Waals surface area contributed by atoms with Crippen LogP contribution in [0.25, 0.3) is 0 Å². The lowest BCUT2D eigenvalue weighted by Gasteiger charge is -2.10. The average Bonchev–Trinajstić information content (AvgIpc) is 3.03. The van der Waals surface area contributed by atoms with Gasteiger partial charge in [-0.15, -0.1) is 11.3 Å². The number of hydrogen-bond acceptors (Lipinski definition) is 9. The molecule has 14 heteroatoms. The van der Waals surface area contributed by atoms with Crippen molar-refractivity contribution in [2.75, 3.05) is 12.0 Å². The Balaban J connectivity index is 1.99. The zero-order valence-corrected chi connectivity index (χ0v) is 17.0. The topological polar surface area (TPSA) is 107 Å². The molecule has 0 aliphatic rings. The quantitative estimate of drug-likeness (QED) is 0.206. The van der Waals surface area contributed by atoms with Crippen LogP contribution < -0.4 is 9.61 Å². The van der Waals surface area contributed by atoms with Gasteiger partial charge in [-0.1, -0.05) is 11.6 Å². The van der Waals surface area contributed by atoms with Gasteiger partial charge in [0.25, 0.3) is 0 Å². The summed E-state index contributed by atoms with van der Waals surface area (Å²) in [5.41, 5.74) is -2.10. The average molecular weight is 472 g/mol. The molecule has 1 N–H and O–H groups in total. The van der Waals surface area contributed by atoms with Crippen molar-refractivity contribution < 1.29 is 35.3 Å². The SMILES string of the molecule is CCOC(=O)Cc1csc(NN=Cc2ccc(OS(=O)(=O)C(F)(F)F)c(Cl)c2)n1. The van der Waals surface area contributed by atoms with Gasteiger partial charge in [-0.25, -0.2) is 4.98 Å². The number of nitrogens with one attached hydrogen (secondary N) is 1. The van der Waals surface area contributed by atoms with Crippen molar-refractivity contribution in [1.29, 1.82) is 0 Å². The predicted octanol–water partition coefficient (Wildman–Crippen LogP) is 3.58. The van der Waals surface area contributed by atoms with Crippen LogP contribution in [0.3, 0.4) is 0 Å². The van der Waals surface area contributed by atoms with Gasteiger partial charge in [-0.05, 0) is 30.7 Å². The number of hydrazone groups is 1. The number of halogens is 4. The zero-order chi connectivity index (χ0) is 21.7. The first kappa shape index (κ1) is 22.9. The van der Waals surface area contributed by atoms with Gasteiger partial charge in [0.05, 0.1) is 30.0 Å². The highest BCUT2D eigenvalue weighted by atomic mass is 35.5. The van der Waals surface area contributed by atoms with Gasteiger partial charge in [0.1, 0.15) is 0 Å². The molecule has 0 bridgehead atoms. The van der Waals surface area contributed by atoms with E-state index in [4.69, 9.17) is 16.3 Å². The minimum absolute atomic E-state index is 0.0215. The van der Waals surface area contributed by atoms with Crippen molar-refractivity contribution in [2.24, 2.45) is 5.10 Å². The molecule has 0 atom stereocenters. The number of rotatable bonds is 8. The van der Waals surface area contributed by atoms with Gasteiger partial charge >= 0.3 is 21.6 Å². The van der Waals surface area contributed by atoms with E-state index in [9.17, 15) is 26.4 Å². The number of aromatic nitrogens is 1. The fraction of sp³-hybridized carbons (Fsp3) is 0.267. The van der Waals surface area contributed by atoms with Crippen LogP contribution in [0.2, 0.25) is 5.02 Å². The molecule has 0 aliphatic carbocycles. The first-order valence-corrected chi connectivity index (χ1v) is 10.4. The minimum atomic E-state index is -5.82. The molecule has 0 amide bonds. The fourth-order valence-corrected chi connectivity index (χ4v) is 3.20. The third kappa shape index (κ3) is 6.58. The molecule has 0 aliphatic heterocycles. The first-order valence-electron chi connectivity index (χ1n) is 7.71. The number of nitrogens with zero attached hydrogens (tertiary/aromatic N) is 2. The molecule has 0 saturated carbocycles. The number of anilines is 1. The van der Waals surface area contributed by atoms with E-state index in [1.807, 2.05) is 0 Å². The standard InChI is InChI=1S/C15H13ClF3N3O5S2/c1-2-26-13(23)6-10-8-28-14(21-10)22-20-7-9-3-4-12(11(16)5-9)27-29(24,25)15(17,18)19/h3-5,7-8H,2,6H2,1H3,(H,21,22). The summed E-state index contributed by atoms with van der Waals surface area (Å²) in [6.07, 6.45) is 1.30. The van der Waals surface area contributed by atoms with Crippen molar-refractivity contribution in [2.45, 2.75) is 18.9 Å². The van der Waals surface area contributed by atoms with Gasteiger partial charge in [-0.3, -0.25) is 10.2 Å². The Hall–Kier alpha value is -2.38. The van der Waals surface area contributed by atoms with Gasteiger partial charge in [0.2, 0.25) is 5.13 Å². The van der Waals surface area contributed by atoms with E-state index in [0.717, 1.165) is 6.07 Å². The van der Waals surface area contributed by atoms with Gasteiger partial charge in [0, 0.05) is 5.38 Å². The number of esters is 1. The molecular formula is C15H13ClF3N3O5S2. The number of carbonyl (C=O) groups excluding carboxylic acids is 1. The maximum Gasteiger partial charge on any atom is 0.534 e. The van der Waals surface area contributed by atoms with Crippen molar-refractivity contribution >= 4 is 50.4 Å². The van der Waals surface area contributed by atoms with Crippen LogP contribution >= 0.6 is 22.9 Å². The summed E-state index contributed by atoms with van der Waals surface area (Å²) >= 11 is 6.96. The number of carbonyl (C=O) groups is 1. The molecule has 1 aromatic heterocycles. The van der Waals surface area contributed by atoms with Crippen molar-refractivity contribution in [1.82, 2.24) is 4.98 Å². The Labute approximate surface area is 172 Å². The summed E-state index contributed by atoms with van der Waals surface area (Å²) in [7, 11) is -5.82. The maximum atomic E-state index is 12.4. The highest BCUT2D eigenvalue weighted by molar-refractivity contribution is 7.88. The summed E-state index contributed by atoms with van der Waals surface area (Å²) < 4.78 is 67.9. The van der Waals surface area contributed by atoms with E-state index in [1.165, 1.54) is 29.7 Å². The van der Waals surface area contributed by atoms with Gasteiger partial charge in [0.15, 0.2) is 5.75 Å². The number of benzene rings is 1. The second kappa shape index (κ2) is 9.41. The van der Waals surface area contributed by atoms with Gasteiger partial charge < -0.3 is 8.92 Å². The third-order valence-electron chi connectivity index (χ3n) is 3.00. The van der Waals surface area contributed by atoms with E-state index in [2.05, 4.69) is 19.7 Å². The van der Waals surface area contributed by atoms with E-state index >= 15 is 0 Å². The normalized spacial score (nSPS) is 12.2. The highest BCUT2D eigenvalue weighted by Gasteiger charge is 2.48. The van der Waals surface area contributed by atoms with E-state index in [1.54, 1.807) is 12.3 Å². The van der Waals surface area contributed by atoms with Crippen LogP contribution in [-0.4, -0.2) is 37.7 Å². The second-order valence-corrected chi connectivity index (χ2v) is 7.97. The van der Waals surface area contributed by atoms with Crippen molar-refractivity contribution in [3.8, 4) is 5.75 Å². The summed E-state index contributed by atoms with van der Waals surface area (Å²) in [5.74, 6) is -1.07. The molecule has 0 radical (unpaired) electrons. The zero-order valence-electron chi connectivity index (χ0n) is 14.6. The Morgan fingerprint density at radius 1 is 1.41 bits per heavy atom. The molecule has 2 aromatic rings. The Kier molecular flexibility index (Phi) is 7.43. The number of thiazole rings is 1. The van der Waals surface area contributed by atoms with Crippen LogP contribution in [0.1, 0.15) is 18.2 Å². The van der Waals surface area contributed by atoms with Gasteiger partial charge in [-0.2, -0.15) is 26.7 Å². The summed E-state index contributed by atoms with van der Waals surface area (Å²) in [4.78, 5) is 15.5. The number of alkyl halides is 3. The van der Waals surface area contributed by atoms with Crippen molar-refractivity contribution in [3.63, 3.8) is 0 Å². The Morgan fingerprint density at radius 3 is 2.76 bits per heavy atom. The van der Waals surface area contributed by atoms with Crippen LogP contribution in [0.4, 0.5) is 18.3 Å². The molecule has 29 heavy (non-hydrogen) atoms. The molecule has 0 saturated heterocycles. The fourth-order valence-electron chi connectivity index (χ4n) is 1.79. The lowest BCUT2D eigenvalue weighted by molar-refractivity contribution is -0.142. The highest BCUT2D eigenvalue weighted by Crippen LogP contribution is 2.31. The van der Waals surface area contributed by atoms with E-state index in [0.29, 0.717) is 16.4 Å².